The van der Waals surface area contributed by atoms with Crippen molar-refractivity contribution in [2.24, 2.45) is 12.2 Å². The molecule has 4 N–H and O–H groups in total. The Hall–Kier alpha value is -2.11. The van der Waals surface area contributed by atoms with E-state index in [4.69, 9.17) is 5.14 Å². The molecule has 1 atom stereocenters. The summed E-state index contributed by atoms with van der Waals surface area (Å²) in [6.07, 6.45) is -2.89. The lowest BCUT2D eigenvalue weighted by Crippen LogP contribution is -2.19. The number of primary sulfonamides is 1. The average molecular weight is 364 g/mol. The highest BCUT2D eigenvalue weighted by atomic mass is 32.2. The quantitative estimate of drug-likeness (QED) is 0.739. The van der Waals surface area contributed by atoms with Gasteiger partial charge in [-0.05, 0) is 18.2 Å². The predicted octanol–water partition coefficient (Wildman–Crippen LogP) is 1.23. The van der Waals surface area contributed by atoms with Gasteiger partial charge in [-0.25, -0.2) is 13.6 Å². The van der Waals surface area contributed by atoms with Crippen LogP contribution in [-0.2, 0) is 23.2 Å². The first-order valence-electron chi connectivity index (χ1n) is 6.63. The first kappa shape index (κ1) is 18.2. The molecule has 1 aromatic heterocycles. The lowest BCUT2D eigenvalue weighted by molar-refractivity contribution is -0.139. The first-order chi connectivity index (χ1) is 11.0. The molecule has 0 aliphatic heterocycles. The SMILES string of the molecule is Cn1cc(C(O)CNc2ccc(S(N)(=O)=O)c(C(F)(F)F)c2)cn1. The molecular weight excluding hydrogens is 349 g/mol. The van der Waals surface area contributed by atoms with Crippen LogP contribution in [0.3, 0.4) is 0 Å². The van der Waals surface area contributed by atoms with E-state index in [0.29, 0.717) is 11.6 Å². The van der Waals surface area contributed by atoms with Gasteiger partial charge in [0.1, 0.15) is 0 Å². The number of benzene rings is 1. The maximum atomic E-state index is 13.0. The Morgan fingerprint density at radius 3 is 2.58 bits per heavy atom. The normalized spacial score (nSPS) is 13.8. The number of aromatic nitrogens is 2. The second-order valence-corrected chi connectivity index (χ2v) is 6.63. The zero-order valence-electron chi connectivity index (χ0n) is 12.4. The van der Waals surface area contributed by atoms with Crippen LogP contribution in [0.4, 0.5) is 18.9 Å². The van der Waals surface area contributed by atoms with Gasteiger partial charge in [0.15, 0.2) is 0 Å². The van der Waals surface area contributed by atoms with Gasteiger partial charge in [0, 0.05) is 31.0 Å². The van der Waals surface area contributed by atoms with Gasteiger partial charge in [0.05, 0.1) is 22.8 Å². The van der Waals surface area contributed by atoms with Gasteiger partial charge in [-0.1, -0.05) is 0 Å². The summed E-state index contributed by atoms with van der Waals surface area (Å²) < 4.78 is 63.1. The van der Waals surface area contributed by atoms with E-state index in [1.54, 1.807) is 13.2 Å². The molecule has 0 aliphatic rings. The van der Waals surface area contributed by atoms with Crippen molar-refractivity contribution < 1.29 is 26.7 Å². The fourth-order valence-electron chi connectivity index (χ4n) is 2.05. The number of aryl methyl sites for hydroxylation is 1. The molecule has 0 radical (unpaired) electrons. The molecule has 11 heteroatoms. The van der Waals surface area contributed by atoms with Crippen LogP contribution in [0.2, 0.25) is 0 Å². The van der Waals surface area contributed by atoms with Gasteiger partial charge < -0.3 is 10.4 Å². The van der Waals surface area contributed by atoms with E-state index in [2.05, 4.69) is 10.4 Å². The maximum Gasteiger partial charge on any atom is 0.417 e. The molecule has 1 aromatic carbocycles. The number of rotatable bonds is 5. The van der Waals surface area contributed by atoms with E-state index in [-0.39, 0.29) is 12.2 Å². The number of hydrogen-bond donors (Lipinski definition) is 3. The summed E-state index contributed by atoms with van der Waals surface area (Å²) in [5.74, 6) is 0. The molecule has 7 nitrogen and oxygen atoms in total. The third-order valence-corrected chi connectivity index (χ3v) is 4.17. The molecule has 0 spiro atoms. The summed E-state index contributed by atoms with van der Waals surface area (Å²) in [6.45, 7) is -0.0856. The van der Waals surface area contributed by atoms with Crippen molar-refractivity contribution in [3.8, 4) is 0 Å². The summed E-state index contributed by atoms with van der Waals surface area (Å²) in [5.41, 5.74) is -0.884. The minimum atomic E-state index is -4.89. The topological polar surface area (TPSA) is 110 Å². The number of halogens is 3. The zero-order chi connectivity index (χ0) is 18.1. The Kier molecular flexibility index (Phi) is 4.87. The monoisotopic (exact) mass is 364 g/mol. The number of nitrogens with one attached hydrogen (secondary N) is 1. The summed E-state index contributed by atoms with van der Waals surface area (Å²) in [4.78, 5) is -1.01. The molecule has 132 valence electrons. The van der Waals surface area contributed by atoms with Gasteiger partial charge in [0.25, 0.3) is 0 Å². The van der Waals surface area contributed by atoms with Crippen LogP contribution in [0.1, 0.15) is 17.2 Å². The Balaban J connectivity index is 2.23. The highest BCUT2D eigenvalue weighted by Gasteiger charge is 2.36. The Bertz CT molecular complexity index is 833. The number of alkyl halides is 3. The van der Waals surface area contributed by atoms with E-state index in [9.17, 15) is 26.7 Å². The lowest BCUT2D eigenvalue weighted by atomic mass is 10.1. The smallest absolute Gasteiger partial charge is 0.386 e. The minimum absolute atomic E-state index is 0.00216. The van der Waals surface area contributed by atoms with E-state index in [1.807, 2.05) is 0 Å². The van der Waals surface area contributed by atoms with E-state index in [0.717, 1.165) is 12.1 Å². The second kappa shape index (κ2) is 6.42. The maximum absolute atomic E-state index is 13.0. The van der Waals surface area contributed by atoms with Crippen molar-refractivity contribution in [2.45, 2.75) is 17.2 Å². The van der Waals surface area contributed by atoms with Crippen molar-refractivity contribution >= 4 is 15.7 Å². The number of anilines is 1. The lowest BCUT2D eigenvalue weighted by Gasteiger charge is -2.15. The third-order valence-electron chi connectivity index (χ3n) is 3.20. The highest BCUT2D eigenvalue weighted by Crippen LogP contribution is 2.35. The summed E-state index contributed by atoms with van der Waals surface area (Å²) in [7, 11) is -2.86. The molecule has 0 bridgehead atoms. The van der Waals surface area contributed by atoms with Crippen LogP contribution >= 0.6 is 0 Å². The van der Waals surface area contributed by atoms with E-state index >= 15 is 0 Å². The number of nitrogens with zero attached hydrogens (tertiary/aromatic N) is 2. The van der Waals surface area contributed by atoms with Crippen molar-refractivity contribution in [1.29, 1.82) is 0 Å². The predicted molar refractivity (Wildman–Crippen MR) is 79.5 cm³/mol. The molecular formula is C13H15F3N4O3S. The van der Waals surface area contributed by atoms with Gasteiger partial charge >= 0.3 is 6.18 Å². The van der Waals surface area contributed by atoms with Crippen LogP contribution in [0, 0.1) is 0 Å². The number of hydrogen-bond acceptors (Lipinski definition) is 5. The number of nitrogens with two attached hydrogens (primary N) is 1. The fourth-order valence-corrected chi connectivity index (χ4v) is 2.79. The average Bonchev–Trinajstić information content (AvgIpc) is 2.89. The summed E-state index contributed by atoms with van der Waals surface area (Å²) >= 11 is 0. The number of aliphatic hydroxyl groups is 1. The Morgan fingerprint density at radius 2 is 2.08 bits per heavy atom. The molecule has 0 fully saturated rings. The minimum Gasteiger partial charge on any atom is -0.386 e. The molecule has 2 rings (SSSR count). The van der Waals surface area contributed by atoms with Gasteiger partial charge in [-0.15, -0.1) is 0 Å². The van der Waals surface area contributed by atoms with Crippen LogP contribution in [0.25, 0.3) is 0 Å². The van der Waals surface area contributed by atoms with Crippen LogP contribution < -0.4 is 10.5 Å². The van der Waals surface area contributed by atoms with Crippen LogP contribution in [-0.4, -0.2) is 29.8 Å². The number of aliphatic hydroxyl groups excluding tert-OH is 1. The van der Waals surface area contributed by atoms with Crippen molar-refractivity contribution in [3.63, 3.8) is 0 Å². The number of sulfonamides is 1. The molecule has 1 unspecified atom stereocenters. The molecule has 0 aliphatic carbocycles. The summed E-state index contributed by atoms with van der Waals surface area (Å²) in [5, 5.41) is 21.3. The van der Waals surface area contributed by atoms with E-state index in [1.165, 1.54) is 10.9 Å². The van der Waals surface area contributed by atoms with Crippen LogP contribution in [0.5, 0.6) is 0 Å². The zero-order valence-corrected chi connectivity index (χ0v) is 13.3. The molecule has 24 heavy (non-hydrogen) atoms. The first-order valence-corrected chi connectivity index (χ1v) is 8.17. The third kappa shape index (κ3) is 4.24. The van der Waals surface area contributed by atoms with Gasteiger partial charge in [-0.2, -0.15) is 18.3 Å². The Labute approximate surface area is 135 Å². The fraction of sp³-hybridized carbons (Fsp3) is 0.308. The second-order valence-electron chi connectivity index (χ2n) is 5.10. The molecule has 0 amide bonds. The largest absolute Gasteiger partial charge is 0.417 e. The van der Waals surface area contributed by atoms with Crippen molar-refractivity contribution in [3.05, 3.63) is 41.7 Å². The molecule has 1 heterocycles. The molecule has 0 saturated carbocycles. The van der Waals surface area contributed by atoms with Crippen molar-refractivity contribution in [2.75, 3.05) is 11.9 Å². The van der Waals surface area contributed by atoms with E-state index < -0.39 is 32.8 Å². The van der Waals surface area contributed by atoms with Crippen molar-refractivity contribution in [1.82, 2.24) is 9.78 Å². The Morgan fingerprint density at radius 1 is 1.42 bits per heavy atom. The standard InChI is InChI=1S/C13H15F3N4O3S/c1-20-7-8(5-19-20)11(21)6-18-9-2-3-12(24(17,22)23)10(4-9)13(14,15)16/h2-5,7,11,18,21H,6H2,1H3,(H2,17,22,23). The van der Waals surface area contributed by atoms with Gasteiger partial charge in [-0.3, -0.25) is 4.68 Å². The van der Waals surface area contributed by atoms with Crippen LogP contribution in [0.15, 0.2) is 35.5 Å². The van der Waals surface area contributed by atoms with Gasteiger partial charge in [0.2, 0.25) is 10.0 Å². The molecule has 2 aromatic rings. The highest BCUT2D eigenvalue weighted by molar-refractivity contribution is 7.89. The summed E-state index contributed by atoms with van der Waals surface area (Å²) in [6, 6.07) is 2.55. The molecule has 0 saturated heterocycles.